The molecule has 0 aliphatic carbocycles. The minimum absolute atomic E-state index is 0.492. The first-order chi connectivity index (χ1) is 6.63. The molecule has 1 N–H and O–H groups in total. The van der Waals surface area contributed by atoms with Gasteiger partial charge in [0, 0.05) is 22.5 Å². The lowest BCUT2D eigenvalue weighted by Gasteiger charge is -2.10. The van der Waals surface area contributed by atoms with E-state index >= 15 is 0 Å². The highest BCUT2D eigenvalue weighted by atomic mass is 35.5. The van der Waals surface area contributed by atoms with Gasteiger partial charge in [-0.15, -0.1) is 11.8 Å². The van der Waals surface area contributed by atoms with Crippen molar-refractivity contribution in [3.8, 4) is 0 Å². The van der Waals surface area contributed by atoms with Gasteiger partial charge in [0.05, 0.1) is 0 Å². The van der Waals surface area contributed by atoms with Gasteiger partial charge in [0.1, 0.15) is 0 Å². The molecule has 0 saturated carbocycles. The van der Waals surface area contributed by atoms with Gasteiger partial charge in [0.15, 0.2) is 0 Å². The Balaban J connectivity index is 2.69. The molecule has 0 radical (unpaired) electrons. The average molecular weight is 230 g/mol. The molecule has 1 nitrogen and oxygen atoms in total. The molecule has 0 bridgehead atoms. The Morgan fingerprint density at radius 3 is 2.64 bits per heavy atom. The Morgan fingerprint density at radius 2 is 2.14 bits per heavy atom. The maximum absolute atomic E-state index is 6.14. The molecule has 1 aromatic carbocycles. The van der Waals surface area contributed by atoms with E-state index in [0.29, 0.717) is 6.04 Å². The predicted octanol–water partition coefficient (Wildman–Crippen LogP) is 3.56. The lowest BCUT2D eigenvalue weighted by Crippen LogP contribution is -2.21. The van der Waals surface area contributed by atoms with Crippen LogP contribution in [0.3, 0.4) is 0 Å². The van der Waals surface area contributed by atoms with Gasteiger partial charge in [0.25, 0.3) is 0 Å². The zero-order valence-corrected chi connectivity index (χ0v) is 10.4. The van der Waals surface area contributed by atoms with Crippen molar-refractivity contribution >= 4 is 23.4 Å². The average Bonchev–Trinajstić information content (AvgIpc) is 2.15. The van der Waals surface area contributed by atoms with Crippen LogP contribution in [0.2, 0.25) is 5.02 Å². The fourth-order valence-electron chi connectivity index (χ4n) is 1.11. The van der Waals surface area contributed by atoms with Gasteiger partial charge in [-0.2, -0.15) is 0 Å². The van der Waals surface area contributed by atoms with Crippen LogP contribution >= 0.6 is 23.4 Å². The second kappa shape index (κ2) is 5.64. The van der Waals surface area contributed by atoms with Crippen molar-refractivity contribution in [2.24, 2.45) is 0 Å². The Bertz CT molecular complexity index is 299. The van der Waals surface area contributed by atoms with E-state index < -0.39 is 0 Å². The number of benzene rings is 1. The minimum atomic E-state index is 0.492. The van der Waals surface area contributed by atoms with Gasteiger partial charge in [-0.3, -0.25) is 0 Å². The molecule has 1 rings (SSSR count). The summed E-state index contributed by atoms with van der Waals surface area (Å²) in [7, 11) is 0. The van der Waals surface area contributed by atoms with E-state index in [4.69, 9.17) is 11.6 Å². The van der Waals surface area contributed by atoms with Crippen LogP contribution in [0.25, 0.3) is 0 Å². The molecule has 0 saturated heterocycles. The molecule has 0 atom stereocenters. The van der Waals surface area contributed by atoms with Crippen LogP contribution in [0.5, 0.6) is 0 Å². The Kier molecular flexibility index (Phi) is 4.79. The summed E-state index contributed by atoms with van der Waals surface area (Å²) in [5.74, 6) is 0. The summed E-state index contributed by atoms with van der Waals surface area (Å²) in [5, 5.41) is 4.20. The zero-order chi connectivity index (χ0) is 10.6. The van der Waals surface area contributed by atoms with E-state index in [1.54, 1.807) is 11.8 Å². The number of halogens is 1. The molecule has 0 unspecified atom stereocenters. The van der Waals surface area contributed by atoms with Crippen molar-refractivity contribution < 1.29 is 0 Å². The molecule has 14 heavy (non-hydrogen) atoms. The molecule has 3 heteroatoms. The Labute approximate surface area is 95.2 Å². The van der Waals surface area contributed by atoms with E-state index in [0.717, 1.165) is 17.1 Å². The van der Waals surface area contributed by atoms with Gasteiger partial charge in [0.2, 0.25) is 0 Å². The lowest BCUT2D eigenvalue weighted by molar-refractivity contribution is 0.589. The first-order valence-corrected chi connectivity index (χ1v) is 6.29. The van der Waals surface area contributed by atoms with Gasteiger partial charge >= 0.3 is 0 Å². The van der Waals surface area contributed by atoms with Crippen LogP contribution in [-0.4, -0.2) is 12.3 Å². The summed E-state index contributed by atoms with van der Waals surface area (Å²) in [6.45, 7) is 5.10. The molecule has 0 spiro atoms. The normalized spacial score (nSPS) is 10.9. The maximum Gasteiger partial charge on any atom is 0.0462 e. The van der Waals surface area contributed by atoms with Crippen LogP contribution in [0.15, 0.2) is 23.1 Å². The van der Waals surface area contributed by atoms with E-state index in [1.165, 1.54) is 4.90 Å². The molecule has 1 aromatic rings. The first-order valence-electron chi connectivity index (χ1n) is 4.69. The number of rotatable bonds is 4. The quantitative estimate of drug-likeness (QED) is 0.793. The summed E-state index contributed by atoms with van der Waals surface area (Å²) in [4.78, 5) is 1.21. The molecule has 0 fully saturated rings. The van der Waals surface area contributed by atoms with Gasteiger partial charge in [-0.05, 0) is 24.0 Å². The molecule has 0 aromatic heterocycles. The number of hydrogen-bond acceptors (Lipinski definition) is 2. The maximum atomic E-state index is 6.14. The monoisotopic (exact) mass is 229 g/mol. The Hall–Kier alpha value is -0.180. The minimum Gasteiger partial charge on any atom is -0.310 e. The lowest BCUT2D eigenvalue weighted by atomic mass is 10.2. The molecular formula is C11H16ClNS. The highest BCUT2D eigenvalue weighted by Gasteiger charge is 2.01. The standard InChI is InChI=1S/C11H16ClNS/c1-8(2)13-7-9-4-5-10(14-3)6-11(9)12/h4-6,8,13H,7H2,1-3H3. The van der Waals surface area contributed by atoms with Crippen molar-refractivity contribution in [3.63, 3.8) is 0 Å². The second-order valence-corrected chi connectivity index (χ2v) is 4.78. The third-order valence-electron chi connectivity index (χ3n) is 1.96. The van der Waals surface area contributed by atoms with Crippen LogP contribution in [0, 0.1) is 0 Å². The number of thioether (sulfide) groups is 1. The van der Waals surface area contributed by atoms with Crippen LogP contribution < -0.4 is 5.32 Å². The van der Waals surface area contributed by atoms with Crippen molar-refractivity contribution in [2.75, 3.05) is 6.26 Å². The van der Waals surface area contributed by atoms with Gasteiger partial charge in [-0.1, -0.05) is 31.5 Å². The number of hydrogen-bond donors (Lipinski definition) is 1. The fraction of sp³-hybridized carbons (Fsp3) is 0.455. The molecule has 0 heterocycles. The highest BCUT2D eigenvalue weighted by Crippen LogP contribution is 2.23. The Morgan fingerprint density at radius 1 is 1.43 bits per heavy atom. The van der Waals surface area contributed by atoms with Gasteiger partial charge < -0.3 is 5.32 Å². The van der Waals surface area contributed by atoms with Gasteiger partial charge in [-0.25, -0.2) is 0 Å². The molecule has 0 amide bonds. The summed E-state index contributed by atoms with van der Waals surface area (Å²) < 4.78 is 0. The predicted molar refractivity (Wildman–Crippen MR) is 65.2 cm³/mol. The molecule has 0 aliphatic rings. The smallest absolute Gasteiger partial charge is 0.0462 e. The largest absolute Gasteiger partial charge is 0.310 e. The molecular weight excluding hydrogens is 214 g/mol. The van der Waals surface area contributed by atoms with E-state index in [2.05, 4.69) is 37.6 Å². The van der Waals surface area contributed by atoms with Crippen LogP contribution in [-0.2, 0) is 6.54 Å². The highest BCUT2D eigenvalue weighted by molar-refractivity contribution is 7.98. The van der Waals surface area contributed by atoms with Crippen LogP contribution in [0.4, 0.5) is 0 Å². The summed E-state index contributed by atoms with van der Waals surface area (Å²) in [6.07, 6.45) is 2.05. The van der Waals surface area contributed by atoms with E-state index in [-0.39, 0.29) is 0 Å². The van der Waals surface area contributed by atoms with Crippen molar-refractivity contribution in [1.82, 2.24) is 5.32 Å². The third kappa shape index (κ3) is 3.52. The first kappa shape index (κ1) is 11.9. The number of nitrogens with one attached hydrogen (secondary N) is 1. The summed E-state index contributed by atoms with van der Waals surface area (Å²) in [5.41, 5.74) is 1.16. The topological polar surface area (TPSA) is 12.0 Å². The van der Waals surface area contributed by atoms with Crippen molar-refractivity contribution in [2.45, 2.75) is 31.3 Å². The third-order valence-corrected chi connectivity index (χ3v) is 3.04. The molecule has 78 valence electrons. The zero-order valence-electron chi connectivity index (χ0n) is 8.80. The van der Waals surface area contributed by atoms with Crippen LogP contribution in [0.1, 0.15) is 19.4 Å². The van der Waals surface area contributed by atoms with Crippen molar-refractivity contribution in [3.05, 3.63) is 28.8 Å². The summed E-state index contributed by atoms with van der Waals surface area (Å²) in [6, 6.07) is 6.70. The SMILES string of the molecule is CSc1ccc(CNC(C)C)c(Cl)c1. The molecule has 0 aliphatic heterocycles. The fourth-order valence-corrected chi connectivity index (χ4v) is 1.86. The van der Waals surface area contributed by atoms with E-state index in [9.17, 15) is 0 Å². The van der Waals surface area contributed by atoms with Crippen molar-refractivity contribution in [1.29, 1.82) is 0 Å². The van der Waals surface area contributed by atoms with E-state index in [1.807, 2.05) is 6.07 Å². The second-order valence-electron chi connectivity index (χ2n) is 3.49. The summed E-state index contributed by atoms with van der Waals surface area (Å²) >= 11 is 7.85.